The molecule has 1 fully saturated rings. The number of benzene rings is 2. The molecule has 0 spiro atoms. The second-order valence-corrected chi connectivity index (χ2v) is 9.90. The number of likely N-dealkylation sites (N-methyl/N-ethyl adjacent to an activating group) is 1. The summed E-state index contributed by atoms with van der Waals surface area (Å²) in [6, 6.07) is 23.6. The summed E-state index contributed by atoms with van der Waals surface area (Å²) in [5, 5.41) is 9.00. The second kappa shape index (κ2) is 15.2. The Morgan fingerprint density at radius 3 is 2.31 bits per heavy atom. The third-order valence-corrected chi connectivity index (χ3v) is 6.99. The van der Waals surface area contributed by atoms with Crippen LogP contribution in [0.15, 0.2) is 60.9 Å². The van der Waals surface area contributed by atoms with Gasteiger partial charge < -0.3 is 11.1 Å². The molecule has 9 heteroatoms. The number of hydrogen-bond acceptors (Lipinski definition) is 6. The van der Waals surface area contributed by atoms with E-state index >= 15 is 0 Å². The predicted molar refractivity (Wildman–Crippen MR) is 151 cm³/mol. The molecule has 2 aromatic heterocycles. The van der Waals surface area contributed by atoms with E-state index in [9.17, 15) is 4.79 Å². The second-order valence-electron chi connectivity index (χ2n) is 9.90. The maximum atomic E-state index is 12.8. The van der Waals surface area contributed by atoms with Gasteiger partial charge in [0.25, 0.3) is 0 Å². The van der Waals surface area contributed by atoms with E-state index in [1.54, 1.807) is 0 Å². The van der Waals surface area contributed by atoms with Crippen LogP contribution in [-0.4, -0.2) is 56.7 Å². The number of amides is 1. The number of nitrogens with zero attached hydrogens (tertiary/aromatic N) is 5. The Hall–Kier alpha value is -2.73. The van der Waals surface area contributed by atoms with Crippen molar-refractivity contribution in [2.24, 2.45) is 0 Å². The normalized spacial score (nSPS) is 17.5. The molecule has 0 bridgehead atoms. The van der Waals surface area contributed by atoms with E-state index in [1.165, 1.54) is 6.33 Å². The topological polar surface area (TPSA) is 102 Å². The molecule has 0 radical (unpaired) electrons. The van der Waals surface area contributed by atoms with Gasteiger partial charge in [-0.2, -0.15) is 71.8 Å². The predicted octanol–water partition coefficient (Wildman–Crippen LogP) is 4.69. The van der Waals surface area contributed by atoms with Gasteiger partial charge in [-0.3, -0.25) is 9.69 Å². The molecule has 1 amide bonds. The van der Waals surface area contributed by atoms with Crippen LogP contribution in [0, 0.1) is 43.2 Å². The van der Waals surface area contributed by atoms with E-state index in [0.717, 1.165) is 60.8 Å². The zero-order valence-corrected chi connectivity index (χ0v) is 27.1. The van der Waals surface area contributed by atoms with Gasteiger partial charge in [-0.05, 0) is 46.2 Å². The molecule has 0 aliphatic heterocycles. The molecule has 2 heterocycles. The number of fused-ring (bicyclic) bond motifs is 1. The largest absolute Gasteiger partial charge is 2.00 e. The van der Waals surface area contributed by atoms with Crippen molar-refractivity contribution in [1.29, 1.82) is 0 Å². The van der Waals surface area contributed by atoms with Gasteiger partial charge in [-0.1, -0.05) is 13.3 Å². The van der Waals surface area contributed by atoms with Crippen molar-refractivity contribution in [3.8, 4) is 11.3 Å². The molecule has 1 atom stereocenters. The van der Waals surface area contributed by atoms with Gasteiger partial charge in [0, 0.05) is 6.04 Å². The molecule has 0 unspecified atom stereocenters. The van der Waals surface area contributed by atoms with Crippen LogP contribution >= 0.6 is 0 Å². The van der Waals surface area contributed by atoms with E-state index in [2.05, 4.69) is 34.3 Å². The smallest absolute Gasteiger partial charge is 0.383 e. The minimum absolute atomic E-state index is 0. The summed E-state index contributed by atoms with van der Waals surface area (Å²) in [6.07, 6.45) is 7.04. The van der Waals surface area contributed by atoms with Gasteiger partial charge in [0.15, 0.2) is 5.65 Å². The van der Waals surface area contributed by atoms with Crippen molar-refractivity contribution in [1.82, 2.24) is 30.0 Å². The van der Waals surface area contributed by atoms with Crippen LogP contribution < -0.4 is 11.1 Å². The van der Waals surface area contributed by atoms with Crippen LogP contribution in [0.3, 0.4) is 0 Å². The molecule has 8 nitrogen and oxygen atoms in total. The Morgan fingerprint density at radius 1 is 1.08 bits per heavy atom. The maximum Gasteiger partial charge on any atom is 2.00 e. The van der Waals surface area contributed by atoms with Crippen molar-refractivity contribution in [2.75, 3.05) is 19.8 Å². The number of nitrogen functional groups attached to an aromatic ring is 1. The zero-order chi connectivity index (χ0) is 26.9. The number of anilines is 1. The number of rotatable bonds is 7. The van der Waals surface area contributed by atoms with Crippen LogP contribution in [-0.2, 0) is 4.79 Å². The summed E-state index contributed by atoms with van der Waals surface area (Å²) in [5.41, 5.74) is 8.77. The molecular weight excluding hydrogens is 712 g/mol. The molecule has 2 aromatic carbocycles. The van der Waals surface area contributed by atoms with E-state index < -0.39 is 0 Å². The molecule has 202 valence electrons. The van der Waals surface area contributed by atoms with Gasteiger partial charge in [0.05, 0.1) is 23.2 Å². The van der Waals surface area contributed by atoms with Crippen LogP contribution in [0.1, 0.15) is 51.5 Å². The van der Waals surface area contributed by atoms with E-state index in [4.69, 9.17) is 10.8 Å². The monoisotopic (exact) mass is 749 g/mol. The Balaban J connectivity index is 0.000000531. The van der Waals surface area contributed by atoms with E-state index in [0.29, 0.717) is 5.82 Å². The zero-order valence-electron chi connectivity index (χ0n) is 23.0. The standard InChI is InChI=1S/C24H32N7O.C6H5.U/c1-4-8-19(30(2)3)24(32)28-17-11-13-18(14-12-17)31-23-20(22(25)26-15-27-23)21(29-31)16-9-6-5-7-10-16;1-2-4-6-5-3-1;/h6-7,9-10,15,17-19H,4,8,11-14H2,1-3H3,(H,28,32)(H2,25,26,27);1-5H;/q2*-1;+2/t17?,18?,19-;;/m1../s1. The van der Waals surface area contributed by atoms with Crippen LogP contribution in [0.5, 0.6) is 0 Å². The summed E-state index contributed by atoms with van der Waals surface area (Å²) in [6.45, 7) is 2.11. The molecule has 4 aromatic rings. The van der Waals surface area contributed by atoms with E-state index in [1.807, 2.05) is 78.3 Å². The number of nitrogens with two attached hydrogens (primary N) is 1. The quantitative estimate of drug-likeness (QED) is 0.266. The number of nitrogens with one attached hydrogen (secondary N) is 1. The summed E-state index contributed by atoms with van der Waals surface area (Å²) in [4.78, 5) is 23.5. The summed E-state index contributed by atoms with van der Waals surface area (Å²) in [7, 11) is 3.94. The number of carbonyl (C=O) groups excluding carboxylic acids is 1. The summed E-state index contributed by atoms with van der Waals surface area (Å²) < 4.78 is 2.01. The van der Waals surface area contributed by atoms with Crippen molar-refractivity contribution in [3.05, 3.63) is 73.1 Å². The van der Waals surface area contributed by atoms with Crippen molar-refractivity contribution in [3.63, 3.8) is 0 Å². The first-order valence-corrected chi connectivity index (χ1v) is 13.3. The minimum Gasteiger partial charge on any atom is -0.383 e. The van der Waals surface area contributed by atoms with Crippen LogP contribution in [0.2, 0.25) is 0 Å². The minimum atomic E-state index is -0.0712. The Kier molecular flexibility index (Phi) is 12.0. The first-order valence-electron chi connectivity index (χ1n) is 13.3. The summed E-state index contributed by atoms with van der Waals surface area (Å²) >= 11 is 0. The van der Waals surface area contributed by atoms with Crippen molar-refractivity contribution >= 4 is 22.8 Å². The fourth-order valence-electron chi connectivity index (χ4n) is 5.00. The van der Waals surface area contributed by atoms with Crippen LogP contribution in [0.25, 0.3) is 22.3 Å². The number of aromatic nitrogens is 4. The Labute approximate surface area is 255 Å². The Morgan fingerprint density at radius 2 is 1.74 bits per heavy atom. The van der Waals surface area contributed by atoms with Crippen molar-refractivity contribution in [2.45, 2.75) is 63.6 Å². The first kappa shape index (κ1) is 30.8. The molecule has 3 N–H and O–H groups in total. The average molecular weight is 750 g/mol. The number of hydrogen-bond donors (Lipinski definition) is 2. The Bertz CT molecular complexity index is 1260. The molecule has 1 aliphatic rings. The van der Waals surface area contributed by atoms with Gasteiger partial charge >= 0.3 is 31.1 Å². The fourth-order valence-corrected chi connectivity index (χ4v) is 5.00. The number of carbonyl (C=O) groups is 1. The fraction of sp³-hybridized carbons (Fsp3) is 0.400. The van der Waals surface area contributed by atoms with Gasteiger partial charge in [0.2, 0.25) is 5.91 Å². The molecule has 1 saturated carbocycles. The van der Waals surface area contributed by atoms with Gasteiger partial charge in [-0.25, -0.2) is 14.6 Å². The molecule has 5 rings (SSSR count). The molecule has 0 saturated heterocycles. The van der Waals surface area contributed by atoms with Gasteiger partial charge in [0.1, 0.15) is 12.1 Å². The maximum absolute atomic E-state index is 12.8. The first-order chi connectivity index (χ1) is 18.5. The third-order valence-electron chi connectivity index (χ3n) is 6.99. The molecular formula is C30H37N7OU. The van der Waals surface area contributed by atoms with Gasteiger partial charge in [-0.15, -0.1) is 5.56 Å². The van der Waals surface area contributed by atoms with E-state index in [-0.39, 0.29) is 55.1 Å². The average Bonchev–Trinajstić information content (AvgIpc) is 3.35. The third kappa shape index (κ3) is 7.91. The van der Waals surface area contributed by atoms with Crippen LogP contribution in [0.4, 0.5) is 5.82 Å². The summed E-state index contributed by atoms with van der Waals surface area (Å²) in [5.74, 6) is 0.573. The van der Waals surface area contributed by atoms with Crippen molar-refractivity contribution < 1.29 is 35.9 Å². The molecule has 39 heavy (non-hydrogen) atoms. The SMILES string of the molecule is CCC[C@H](C(=O)NC1CCC(n2nc(-c3cc[c-]cc3)c3c(N)ncnc32)CC1)N(C)C.[U+2].[c-]1ccccc1. The molecule has 1 aliphatic carbocycles.